The minimum Gasteiger partial charge on any atom is -0.457 e. The Morgan fingerprint density at radius 3 is 2.57 bits per heavy atom. The molecule has 0 aliphatic rings. The van der Waals surface area contributed by atoms with Gasteiger partial charge in [0.15, 0.2) is 0 Å². The Hall–Kier alpha value is -2.11. The summed E-state index contributed by atoms with van der Waals surface area (Å²) in [7, 11) is 1.66. The predicted octanol–water partition coefficient (Wildman–Crippen LogP) is 4.35. The molecule has 0 atom stereocenters. The minimum absolute atomic E-state index is 0.294. The summed E-state index contributed by atoms with van der Waals surface area (Å²) in [6, 6.07) is 11.5. The summed E-state index contributed by atoms with van der Waals surface area (Å²) in [5, 5.41) is 0. The molecular formula is C17H16ClFN2O2. The van der Waals surface area contributed by atoms with Crippen LogP contribution in [0.2, 0.25) is 0 Å². The second-order valence-electron chi connectivity index (χ2n) is 5.01. The zero-order chi connectivity index (χ0) is 16.2. The number of hydrogen-bond acceptors (Lipinski definition) is 3. The van der Waals surface area contributed by atoms with Gasteiger partial charge in [-0.25, -0.2) is 9.37 Å². The average Bonchev–Trinajstić information content (AvgIpc) is 2.92. The number of fused-ring (bicyclic) bond motifs is 1. The fourth-order valence-corrected chi connectivity index (χ4v) is 2.59. The summed E-state index contributed by atoms with van der Waals surface area (Å²) >= 11 is 5.98. The van der Waals surface area contributed by atoms with Crippen molar-refractivity contribution in [1.29, 1.82) is 0 Å². The van der Waals surface area contributed by atoms with Crippen LogP contribution in [0.3, 0.4) is 0 Å². The number of imidazole rings is 1. The number of rotatable bonds is 6. The van der Waals surface area contributed by atoms with Gasteiger partial charge in [0.1, 0.15) is 23.1 Å². The molecule has 0 aliphatic heterocycles. The van der Waals surface area contributed by atoms with E-state index in [2.05, 4.69) is 4.98 Å². The predicted molar refractivity (Wildman–Crippen MR) is 87.6 cm³/mol. The summed E-state index contributed by atoms with van der Waals surface area (Å²) in [6.45, 7) is 1.23. The Morgan fingerprint density at radius 2 is 1.87 bits per heavy atom. The van der Waals surface area contributed by atoms with E-state index in [0.29, 0.717) is 30.5 Å². The minimum atomic E-state index is -0.294. The number of nitrogens with zero attached hydrogens (tertiary/aromatic N) is 2. The van der Waals surface area contributed by atoms with Gasteiger partial charge in [-0.2, -0.15) is 0 Å². The van der Waals surface area contributed by atoms with Crippen molar-refractivity contribution in [2.24, 2.45) is 0 Å². The van der Waals surface area contributed by atoms with Gasteiger partial charge in [-0.15, -0.1) is 11.6 Å². The normalized spacial score (nSPS) is 11.1. The van der Waals surface area contributed by atoms with Gasteiger partial charge in [-0.05, 0) is 36.4 Å². The number of benzene rings is 2. The SMILES string of the molecule is COCCn1c(CCl)nc2ccc(Oc3ccc(F)cc3)cc21. The van der Waals surface area contributed by atoms with Gasteiger partial charge in [0.2, 0.25) is 0 Å². The number of ether oxygens (including phenoxy) is 2. The van der Waals surface area contributed by atoms with Gasteiger partial charge in [-0.1, -0.05) is 0 Å². The zero-order valence-corrected chi connectivity index (χ0v) is 13.4. The van der Waals surface area contributed by atoms with Crippen LogP contribution in [0.15, 0.2) is 42.5 Å². The highest BCUT2D eigenvalue weighted by molar-refractivity contribution is 6.16. The highest BCUT2D eigenvalue weighted by atomic mass is 35.5. The summed E-state index contributed by atoms with van der Waals surface area (Å²) in [5.41, 5.74) is 1.78. The lowest BCUT2D eigenvalue weighted by atomic mass is 10.3. The lowest BCUT2D eigenvalue weighted by Gasteiger charge is -2.09. The van der Waals surface area contributed by atoms with Crippen molar-refractivity contribution < 1.29 is 13.9 Å². The second kappa shape index (κ2) is 6.98. The van der Waals surface area contributed by atoms with Gasteiger partial charge >= 0.3 is 0 Å². The fourth-order valence-electron chi connectivity index (χ4n) is 2.39. The summed E-state index contributed by atoms with van der Waals surface area (Å²) < 4.78 is 25.9. The third-order valence-electron chi connectivity index (χ3n) is 3.49. The Balaban J connectivity index is 1.94. The van der Waals surface area contributed by atoms with E-state index in [4.69, 9.17) is 21.1 Å². The van der Waals surface area contributed by atoms with Crippen LogP contribution in [0, 0.1) is 5.82 Å². The molecule has 2 aromatic carbocycles. The Morgan fingerprint density at radius 1 is 1.13 bits per heavy atom. The standard InChI is InChI=1S/C17H16ClFN2O2/c1-22-9-8-21-16-10-14(6-7-15(16)20-17(21)11-18)23-13-4-2-12(19)3-5-13/h2-7,10H,8-9,11H2,1H3. The van der Waals surface area contributed by atoms with Gasteiger partial charge < -0.3 is 14.0 Å². The first kappa shape index (κ1) is 15.8. The Bertz CT molecular complexity index is 802. The van der Waals surface area contributed by atoms with Crippen LogP contribution in [0.5, 0.6) is 11.5 Å². The molecule has 6 heteroatoms. The van der Waals surface area contributed by atoms with Crippen molar-refractivity contribution in [2.75, 3.05) is 13.7 Å². The maximum atomic E-state index is 13.0. The number of methoxy groups -OCH3 is 1. The molecule has 4 nitrogen and oxygen atoms in total. The lowest BCUT2D eigenvalue weighted by molar-refractivity contribution is 0.187. The molecule has 0 unspecified atom stereocenters. The largest absolute Gasteiger partial charge is 0.457 e. The van der Waals surface area contributed by atoms with Crippen LogP contribution in [0.4, 0.5) is 4.39 Å². The van der Waals surface area contributed by atoms with Crippen LogP contribution < -0.4 is 4.74 Å². The molecule has 3 aromatic rings. The zero-order valence-electron chi connectivity index (χ0n) is 12.6. The van der Waals surface area contributed by atoms with E-state index < -0.39 is 0 Å². The van der Waals surface area contributed by atoms with Crippen molar-refractivity contribution in [1.82, 2.24) is 9.55 Å². The molecule has 0 aliphatic carbocycles. The monoisotopic (exact) mass is 334 g/mol. The molecule has 0 bridgehead atoms. The number of halogens is 2. The van der Waals surface area contributed by atoms with Crippen molar-refractivity contribution in [3.8, 4) is 11.5 Å². The van der Waals surface area contributed by atoms with E-state index in [0.717, 1.165) is 16.9 Å². The summed E-state index contributed by atoms with van der Waals surface area (Å²) in [5.74, 6) is 2.05. The number of alkyl halides is 1. The molecular weight excluding hydrogens is 319 g/mol. The van der Waals surface area contributed by atoms with Crippen LogP contribution >= 0.6 is 11.6 Å². The van der Waals surface area contributed by atoms with Gasteiger partial charge in [0.05, 0.1) is 23.5 Å². The van der Waals surface area contributed by atoms with Crippen LogP contribution in [-0.4, -0.2) is 23.3 Å². The van der Waals surface area contributed by atoms with E-state index >= 15 is 0 Å². The molecule has 3 rings (SSSR count). The fraction of sp³-hybridized carbons (Fsp3) is 0.235. The molecule has 0 radical (unpaired) electrons. The Labute approximate surface area is 138 Å². The van der Waals surface area contributed by atoms with Gasteiger partial charge in [-0.3, -0.25) is 0 Å². The smallest absolute Gasteiger partial charge is 0.129 e. The van der Waals surface area contributed by atoms with Gasteiger partial charge in [0, 0.05) is 19.7 Å². The molecule has 1 aromatic heterocycles. The molecule has 1 heterocycles. The molecule has 23 heavy (non-hydrogen) atoms. The second-order valence-corrected chi connectivity index (χ2v) is 5.28. The Kier molecular flexibility index (Phi) is 4.79. The van der Waals surface area contributed by atoms with Gasteiger partial charge in [0.25, 0.3) is 0 Å². The van der Waals surface area contributed by atoms with Crippen molar-refractivity contribution in [3.63, 3.8) is 0 Å². The summed E-state index contributed by atoms with van der Waals surface area (Å²) in [4.78, 5) is 4.51. The van der Waals surface area contributed by atoms with Crippen LogP contribution in [0.1, 0.15) is 5.82 Å². The highest BCUT2D eigenvalue weighted by Gasteiger charge is 2.11. The van der Waals surface area contributed by atoms with E-state index in [1.165, 1.54) is 12.1 Å². The molecule has 120 valence electrons. The third kappa shape index (κ3) is 3.46. The molecule has 0 saturated carbocycles. The quantitative estimate of drug-likeness (QED) is 0.629. The maximum absolute atomic E-state index is 13.0. The maximum Gasteiger partial charge on any atom is 0.129 e. The first-order chi connectivity index (χ1) is 11.2. The number of hydrogen-bond donors (Lipinski definition) is 0. The molecule has 0 saturated heterocycles. The van der Waals surface area contributed by atoms with E-state index in [1.54, 1.807) is 19.2 Å². The number of aromatic nitrogens is 2. The lowest BCUT2D eigenvalue weighted by Crippen LogP contribution is -2.07. The van der Waals surface area contributed by atoms with Crippen molar-refractivity contribution >= 4 is 22.6 Å². The van der Waals surface area contributed by atoms with Crippen LogP contribution in [0.25, 0.3) is 11.0 Å². The topological polar surface area (TPSA) is 36.3 Å². The van der Waals surface area contributed by atoms with Crippen molar-refractivity contribution in [3.05, 3.63) is 54.1 Å². The average molecular weight is 335 g/mol. The molecule has 0 amide bonds. The van der Waals surface area contributed by atoms with E-state index in [-0.39, 0.29) is 5.82 Å². The summed E-state index contributed by atoms with van der Waals surface area (Å²) in [6.07, 6.45) is 0. The molecule has 0 N–H and O–H groups in total. The third-order valence-corrected chi connectivity index (χ3v) is 3.73. The van der Waals surface area contributed by atoms with Crippen molar-refractivity contribution in [2.45, 2.75) is 12.4 Å². The molecule has 0 fully saturated rings. The van der Waals surface area contributed by atoms with Crippen LogP contribution in [-0.2, 0) is 17.2 Å². The van der Waals surface area contributed by atoms with E-state index in [9.17, 15) is 4.39 Å². The molecule has 0 spiro atoms. The van der Waals surface area contributed by atoms with E-state index in [1.807, 2.05) is 22.8 Å². The highest BCUT2D eigenvalue weighted by Crippen LogP contribution is 2.27. The first-order valence-electron chi connectivity index (χ1n) is 7.19. The first-order valence-corrected chi connectivity index (χ1v) is 7.72.